The molecular formula is C16H28N2O. The lowest BCUT2D eigenvalue weighted by Gasteiger charge is -2.25. The molecule has 0 radical (unpaired) electrons. The monoisotopic (exact) mass is 264 g/mol. The lowest BCUT2D eigenvalue weighted by molar-refractivity contribution is 0.290. The Balaban J connectivity index is 2.38. The van der Waals surface area contributed by atoms with Gasteiger partial charge in [-0.2, -0.15) is 0 Å². The Hall–Kier alpha value is -1.06. The lowest BCUT2D eigenvalue weighted by atomic mass is 10.0. The molecule has 3 heteroatoms. The van der Waals surface area contributed by atoms with Crippen molar-refractivity contribution in [3.63, 3.8) is 0 Å². The molecule has 0 bridgehead atoms. The number of likely N-dealkylation sites (N-methyl/N-ethyl adjacent to an activating group) is 1. The van der Waals surface area contributed by atoms with Crippen LogP contribution in [-0.4, -0.2) is 45.2 Å². The molecule has 108 valence electrons. The quantitative estimate of drug-likeness (QED) is 0.780. The molecule has 0 saturated carbocycles. The predicted molar refractivity (Wildman–Crippen MR) is 81.9 cm³/mol. The topological polar surface area (TPSA) is 24.5 Å². The number of rotatable bonds is 8. The number of nitrogens with one attached hydrogen (secondary N) is 1. The van der Waals surface area contributed by atoms with Gasteiger partial charge >= 0.3 is 0 Å². The van der Waals surface area contributed by atoms with Crippen molar-refractivity contribution in [2.45, 2.75) is 26.3 Å². The smallest absolute Gasteiger partial charge is 0.118 e. The first-order valence-corrected chi connectivity index (χ1v) is 7.04. The van der Waals surface area contributed by atoms with Crippen LogP contribution < -0.4 is 10.1 Å². The third-order valence-corrected chi connectivity index (χ3v) is 3.35. The highest BCUT2D eigenvalue weighted by atomic mass is 16.5. The maximum atomic E-state index is 5.17. The van der Waals surface area contributed by atoms with Crippen molar-refractivity contribution < 1.29 is 4.74 Å². The first kappa shape index (κ1) is 16.0. The van der Waals surface area contributed by atoms with Crippen LogP contribution in [0.5, 0.6) is 5.75 Å². The number of ether oxygens (including phenoxy) is 1. The van der Waals surface area contributed by atoms with Crippen LogP contribution in [0.15, 0.2) is 24.3 Å². The maximum Gasteiger partial charge on any atom is 0.118 e. The molecule has 0 aliphatic carbocycles. The number of hydrogen-bond acceptors (Lipinski definition) is 3. The normalized spacial score (nSPS) is 13.0. The maximum absolute atomic E-state index is 5.17. The van der Waals surface area contributed by atoms with Crippen molar-refractivity contribution in [3.8, 4) is 5.75 Å². The summed E-state index contributed by atoms with van der Waals surface area (Å²) in [6.45, 7) is 6.65. The van der Waals surface area contributed by atoms with Gasteiger partial charge in [-0.05, 0) is 50.7 Å². The molecule has 3 nitrogen and oxygen atoms in total. The first-order chi connectivity index (χ1) is 9.02. The number of nitrogens with zero attached hydrogens (tertiary/aromatic N) is 1. The average Bonchev–Trinajstić information content (AvgIpc) is 2.37. The average molecular weight is 264 g/mol. The number of benzene rings is 1. The van der Waals surface area contributed by atoms with Crippen LogP contribution in [0.2, 0.25) is 0 Å². The van der Waals surface area contributed by atoms with E-state index >= 15 is 0 Å². The molecule has 1 aromatic carbocycles. The largest absolute Gasteiger partial charge is 0.497 e. The highest BCUT2D eigenvalue weighted by Crippen LogP contribution is 2.11. The van der Waals surface area contributed by atoms with Crippen molar-refractivity contribution in [3.05, 3.63) is 29.8 Å². The SMILES string of the molecule is COc1ccc(CCNC(CN(C)C)C(C)C)cc1. The summed E-state index contributed by atoms with van der Waals surface area (Å²) in [6, 6.07) is 8.87. The second-order valence-corrected chi connectivity index (χ2v) is 5.66. The van der Waals surface area contributed by atoms with Crippen molar-refractivity contribution in [2.75, 3.05) is 34.3 Å². The summed E-state index contributed by atoms with van der Waals surface area (Å²) in [5.41, 5.74) is 1.35. The van der Waals surface area contributed by atoms with Gasteiger partial charge in [0.2, 0.25) is 0 Å². The fourth-order valence-electron chi connectivity index (χ4n) is 2.10. The van der Waals surface area contributed by atoms with E-state index in [-0.39, 0.29) is 0 Å². The van der Waals surface area contributed by atoms with Crippen LogP contribution in [0.1, 0.15) is 19.4 Å². The molecule has 0 spiro atoms. The van der Waals surface area contributed by atoms with E-state index in [9.17, 15) is 0 Å². The van der Waals surface area contributed by atoms with Gasteiger partial charge in [-0.25, -0.2) is 0 Å². The van der Waals surface area contributed by atoms with E-state index in [1.54, 1.807) is 7.11 Å². The summed E-state index contributed by atoms with van der Waals surface area (Å²) in [5, 5.41) is 3.65. The van der Waals surface area contributed by atoms with Gasteiger partial charge in [-0.3, -0.25) is 0 Å². The number of methoxy groups -OCH3 is 1. The minimum absolute atomic E-state index is 0.549. The molecule has 0 saturated heterocycles. The molecule has 1 atom stereocenters. The van der Waals surface area contributed by atoms with Crippen LogP contribution >= 0.6 is 0 Å². The van der Waals surface area contributed by atoms with Gasteiger partial charge in [-0.1, -0.05) is 26.0 Å². The Bertz CT molecular complexity index is 346. The van der Waals surface area contributed by atoms with Crippen LogP contribution in [0.4, 0.5) is 0 Å². The van der Waals surface area contributed by atoms with Crippen LogP contribution in [0.25, 0.3) is 0 Å². The Morgan fingerprint density at radius 2 is 1.79 bits per heavy atom. The van der Waals surface area contributed by atoms with E-state index in [1.807, 2.05) is 12.1 Å². The Labute approximate surface area is 118 Å². The highest BCUT2D eigenvalue weighted by Gasteiger charge is 2.13. The van der Waals surface area contributed by atoms with Gasteiger partial charge in [0.05, 0.1) is 7.11 Å². The molecule has 0 fully saturated rings. The fraction of sp³-hybridized carbons (Fsp3) is 0.625. The van der Waals surface area contributed by atoms with E-state index < -0.39 is 0 Å². The van der Waals surface area contributed by atoms with Gasteiger partial charge in [0.25, 0.3) is 0 Å². The van der Waals surface area contributed by atoms with Crippen molar-refractivity contribution in [2.24, 2.45) is 5.92 Å². The summed E-state index contributed by atoms with van der Waals surface area (Å²) in [5.74, 6) is 1.57. The van der Waals surface area contributed by atoms with Crippen molar-refractivity contribution in [1.29, 1.82) is 0 Å². The standard InChI is InChI=1S/C16H28N2O/c1-13(2)16(12-18(3)4)17-11-10-14-6-8-15(19-5)9-7-14/h6-9,13,16-17H,10-12H2,1-5H3. The molecule has 0 aromatic heterocycles. The van der Waals surface area contributed by atoms with Gasteiger partial charge in [0.15, 0.2) is 0 Å². The Morgan fingerprint density at radius 1 is 1.16 bits per heavy atom. The molecule has 0 amide bonds. The Kier molecular flexibility index (Phi) is 6.89. The van der Waals surface area contributed by atoms with Gasteiger partial charge in [-0.15, -0.1) is 0 Å². The van der Waals surface area contributed by atoms with E-state index in [0.29, 0.717) is 12.0 Å². The molecular weight excluding hydrogens is 236 g/mol. The van der Waals surface area contributed by atoms with E-state index in [4.69, 9.17) is 4.74 Å². The van der Waals surface area contributed by atoms with Crippen LogP contribution in [-0.2, 0) is 6.42 Å². The highest BCUT2D eigenvalue weighted by molar-refractivity contribution is 5.27. The third-order valence-electron chi connectivity index (χ3n) is 3.35. The summed E-state index contributed by atoms with van der Waals surface area (Å²) in [4.78, 5) is 2.24. The van der Waals surface area contributed by atoms with Gasteiger partial charge in [0.1, 0.15) is 5.75 Å². The summed E-state index contributed by atoms with van der Waals surface area (Å²) in [6.07, 6.45) is 1.06. The van der Waals surface area contributed by atoms with E-state index in [1.165, 1.54) is 5.56 Å². The van der Waals surface area contributed by atoms with E-state index in [0.717, 1.165) is 25.3 Å². The molecule has 0 heterocycles. The summed E-state index contributed by atoms with van der Waals surface area (Å²) in [7, 11) is 5.95. The molecule has 1 rings (SSSR count). The second-order valence-electron chi connectivity index (χ2n) is 5.66. The molecule has 1 unspecified atom stereocenters. The molecule has 0 aliphatic heterocycles. The number of hydrogen-bond donors (Lipinski definition) is 1. The van der Waals surface area contributed by atoms with Crippen LogP contribution in [0, 0.1) is 5.92 Å². The minimum Gasteiger partial charge on any atom is -0.497 e. The van der Waals surface area contributed by atoms with Crippen LogP contribution in [0.3, 0.4) is 0 Å². The molecule has 19 heavy (non-hydrogen) atoms. The minimum atomic E-state index is 0.549. The van der Waals surface area contributed by atoms with Gasteiger partial charge in [0, 0.05) is 12.6 Å². The first-order valence-electron chi connectivity index (χ1n) is 7.04. The lowest BCUT2D eigenvalue weighted by Crippen LogP contribution is -2.42. The van der Waals surface area contributed by atoms with E-state index in [2.05, 4.69) is 50.3 Å². The molecule has 1 N–H and O–H groups in total. The summed E-state index contributed by atoms with van der Waals surface area (Å²) >= 11 is 0. The fourth-order valence-corrected chi connectivity index (χ4v) is 2.10. The summed E-state index contributed by atoms with van der Waals surface area (Å²) < 4.78 is 5.17. The zero-order chi connectivity index (χ0) is 14.3. The van der Waals surface area contributed by atoms with Crippen molar-refractivity contribution >= 4 is 0 Å². The van der Waals surface area contributed by atoms with Gasteiger partial charge < -0.3 is 15.0 Å². The molecule has 0 aliphatic rings. The third kappa shape index (κ3) is 6.08. The Morgan fingerprint density at radius 3 is 2.26 bits per heavy atom. The zero-order valence-electron chi connectivity index (χ0n) is 12.9. The predicted octanol–water partition coefficient (Wildman–Crippen LogP) is 2.41. The second kappa shape index (κ2) is 8.18. The molecule has 1 aromatic rings. The zero-order valence-corrected chi connectivity index (χ0v) is 12.9. The van der Waals surface area contributed by atoms with Crippen molar-refractivity contribution in [1.82, 2.24) is 10.2 Å².